The molecule has 0 N–H and O–H groups in total. The monoisotopic (exact) mass is 370 g/mol. The number of rotatable bonds is 3. The van der Waals surface area contributed by atoms with Gasteiger partial charge in [-0.25, -0.2) is 0 Å². The van der Waals surface area contributed by atoms with E-state index in [0.717, 1.165) is 17.5 Å². The molecule has 1 aliphatic carbocycles. The number of hydrogen-bond donors (Lipinski definition) is 0. The van der Waals surface area contributed by atoms with E-state index in [9.17, 15) is 14.9 Å². The van der Waals surface area contributed by atoms with Crippen molar-refractivity contribution in [1.29, 1.82) is 5.26 Å². The quantitative estimate of drug-likeness (QED) is 0.829. The van der Waals surface area contributed by atoms with E-state index in [0.29, 0.717) is 13.1 Å². The van der Waals surface area contributed by atoms with Gasteiger partial charge in [0.15, 0.2) is 5.78 Å². The lowest BCUT2D eigenvalue weighted by atomic mass is 9.57. The summed E-state index contributed by atoms with van der Waals surface area (Å²) in [5.74, 6) is -0.670. The van der Waals surface area contributed by atoms with Crippen LogP contribution in [0.25, 0.3) is 0 Å². The van der Waals surface area contributed by atoms with Crippen LogP contribution in [0, 0.1) is 23.2 Å². The Morgan fingerprint density at radius 1 is 1.07 bits per heavy atom. The number of fused-ring (bicyclic) bond motifs is 1. The summed E-state index contributed by atoms with van der Waals surface area (Å²) in [4.78, 5) is 28.4. The Bertz CT molecular complexity index is 975. The van der Waals surface area contributed by atoms with Crippen LogP contribution < -0.4 is 0 Å². The van der Waals surface area contributed by atoms with Crippen molar-refractivity contribution in [3.05, 3.63) is 83.4 Å². The summed E-state index contributed by atoms with van der Waals surface area (Å²) < 4.78 is 0. The zero-order valence-corrected chi connectivity index (χ0v) is 15.8. The Hall–Kier alpha value is -3.19. The van der Waals surface area contributed by atoms with E-state index in [1.165, 1.54) is 0 Å². The molecule has 3 atom stereocenters. The maximum absolute atomic E-state index is 13.9. The van der Waals surface area contributed by atoms with Gasteiger partial charge in [-0.1, -0.05) is 67.6 Å². The molecule has 0 aromatic heterocycles. The predicted molar refractivity (Wildman–Crippen MR) is 106 cm³/mol. The lowest BCUT2D eigenvalue weighted by Gasteiger charge is -2.50. The smallest absolute Gasteiger partial charge is 0.237 e. The fourth-order valence-corrected chi connectivity index (χ4v) is 4.76. The van der Waals surface area contributed by atoms with Crippen molar-refractivity contribution in [1.82, 2.24) is 4.90 Å². The Morgan fingerprint density at radius 3 is 2.36 bits per heavy atom. The number of nitriles is 1. The van der Waals surface area contributed by atoms with E-state index in [1.807, 2.05) is 78.6 Å². The number of amides is 1. The van der Waals surface area contributed by atoms with E-state index in [2.05, 4.69) is 0 Å². The summed E-state index contributed by atoms with van der Waals surface area (Å²) in [5.41, 5.74) is 1.06. The molecule has 2 aliphatic rings. The maximum Gasteiger partial charge on any atom is 0.237 e. The summed E-state index contributed by atoms with van der Waals surface area (Å²) in [6.07, 6.45) is 2.38. The van der Waals surface area contributed by atoms with Crippen LogP contribution in [0.3, 0.4) is 0 Å². The van der Waals surface area contributed by atoms with Crippen LogP contribution in [0.15, 0.2) is 72.3 Å². The van der Waals surface area contributed by atoms with Gasteiger partial charge >= 0.3 is 0 Å². The molecule has 0 unspecified atom stereocenters. The molecule has 28 heavy (non-hydrogen) atoms. The number of ketones is 1. The molecule has 1 saturated heterocycles. The normalized spacial score (nSPS) is 27.0. The molecular formula is C24H22N2O2. The largest absolute Gasteiger partial charge is 0.337 e. The summed E-state index contributed by atoms with van der Waals surface area (Å²) in [6.45, 7) is 2.99. The number of carbonyl (C=O) groups excluding carboxylic acids is 2. The first-order valence-electron chi connectivity index (χ1n) is 9.64. The fraction of sp³-hybridized carbons (Fsp3) is 0.292. The standard InChI is InChI=1S/C24H22N2O2/c1-17-21-12-13-26(16-18-8-4-2-5-9-18)23(28)24(21,14-19(15-25)22(17)27)20-10-6-3-7-11-20/h2-11,14,17,21H,12-13,16H2,1H3/t17-,21-,24-/m0/s1. The molecule has 0 bridgehead atoms. The van der Waals surface area contributed by atoms with Crippen molar-refractivity contribution in [3.8, 4) is 6.07 Å². The molecular weight excluding hydrogens is 348 g/mol. The van der Waals surface area contributed by atoms with Crippen molar-refractivity contribution in [2.45, 2.75) is 25.3 Å². The van der Waals surface area contributed by atoms with Crippen LogP contribution in [0.4, 0.5) is 0 Å². The van der Waals surface area contributed by atoms with E-state index in [1.54, 1.807) is 6.08 Å². The Labute approximate surface area is 165 Å². The first kappa shape index (κ1) is 18.2. The van der Waals surface area contributed by atoms with Crippen LogP contribution in [0.2, 0.25) is 0 Å². The summed E-state index contributed by atoms with van der Waals surface area (Å²) >= 11 is 0. The third kappa shape index (κ3) is 2.75. The van der Waals surface area contributed by atoms with Gasteiger partial charge in [0, 0.05) is 19.0 Å². The van der Waals surface area contributed by atoms with Crippen LogP contribution >= 0.6 is 0 Å². The van der Waals surface area contributed by atoms with E-state index >= 15 is 0 Å². The third-order valence-corrected chi connectivity index (χ3v) is 6.18. The molecule has 2 aromatic rings. The second kappa shape index (κ2) is 7.09. The van der Waals surface area contributed by atoms with Gasteiger partial charge in [-0.2, -0.15) is 5.26 Å². The van der Waals surface area contributed by atoms with Crippen LogP contribution in [0.1, 0.15) is 24.5 Å². The minimum atomic E-state index is -0.966. The van der Waals surface area contributed by atoms with Gasteiger partial charge in [0.1, 0.15) is 6.07 Å². The van der Waals surface area contributed by atoms with Crippen molar-refractivity contribution in [2.75, 3.05) is 6.54 Å². The van der Waals surface area contributed by atoms with Crippen molar-refractivity contribution in [2.24, 2.45) is 11.8 Å². The SMILES string of the molecule is C[C@@H]1C(=O)C(C#N)=C[C@@]2(c3ccccc3)C(=O)N(Cc3ccccc3)CC[C@@H]12. The summed E-state index contributed by atoms with van der Waals surface area (Å²) in [5, 5.41) is 9.55. The van der Waals surface area contributed by atoms with Gasteiger partial charge < -0.3 is 4.90 Å². The molecule has 0 saturated carbocycles. The molecule has 0 spiro atoms. The second-order valence-corrected chi connectivity index (χ2v) is 7.67. The van der Waals surface area contributed by atoms with E-state index in [4.69, 9.17) is 0 Å². The molecule has 1 amide bonds. The first-order chi connectivity index (χ1) is 13.6. The number of piperidine rings is 1. The zero-order valence-electron chi connectivity index (χ0n) is 15.8. The number of carbonyl (C=O) groups is 2. The highest BCUT2D eigenvalue weighted by Gasteiger charge is 2.56. The first-order valence-corrected chi connectivity index (χ1v) is 9.64. The molecule has 1 aliphatic heterocycles. The van der Waals surface area contributed by atoms with Crippen molar-refractivity contribution < 1.29 is 9.59 Å². The summed E-state index contributed by atoms with van der Waals surface area (Å²) in [7, 11) is 0. The Balaban J connectivity index is 1.84. The van der Waals surface area contributed by atoms with Crippen LogP contribution in [-0.4, -0.2) is 23.1 Å². The number of Topliss-reactive ketones (excluding diaryl/α,β-unsaturated/α-hetero) is 1. The predicted octanol–water partition coefficient (Wildman–Crippen LogP) is 3.64. The van der Waals surface area contributed by atoms with Gasteiger partial charge in [0.05, 0.1) is 11.0 Å². The molecule has 0 radical (unpaired) electrons. The molecule has 4 nitrogen and oxygen atoms in total. The molecule has 1 heterocycles. The number of nitrogens with zero attached hydrogens (tertiary/aromatic N) is 2. The lowest BCUT2D eigenvalue weighted by molar-refractivity contribution is -0.145. The number of allylic oxidation sites excluding steroid dienone is 1. The number of hydrogen-bond acceptors (Lipinski definition) is 3. The van der Waals surface area contributed by atoms with E-state index < -0.39 is 5.41 Å². The molecule has 140 valence electrons. The molecule has 4 rings (SSSR count). The minimum Gasteiger partial charge on any atom is -0.337 e. The van der Waals surface area contributed by atoms with Crippen molar-refractivity contribution in [3.63, 3.8) is 0 Å². The molecule has 4 heteroatoms. The molecule has 1 fully saturated rings. The second-order valence-electron chi connectivity index (χ2n) is 7.67. The van der Waals surface area contributed by atoms with Gasteiger partial charge in [-0.05, 0) is 29.5 Å². The van der Waals surface area contributed by atoms with Gasteiger partial charge in [0.2, 0.25) is 5.91 Å². The third-order valence-electron chi connectivity index (χ3n) is 6.18. The maximum atomic E-state index is 13.9. The average molecular weight is 370 g/mol. The van der Waals surface area contributed by atoms with Crippen LogP contribution in [0.5, 0.6) is 0 Å². The van der Waals surface area contributed by atoms with Crippen molar-refractivity contribution >= 4 is 11.7 Å². The van der Waals surface area contributed by atoms with Gasteiger partial charge in [0.25, 0.3) is 0 Å². The Morgan fingerprint density at radius 2 is 1.71 bits per heavy atom. The highest BCUT2D eigenvalue weighted by Crippen LogP contribution is 2.49. The van der Waals surface area contributed by atoms with Crippen LogP contribution in [-0.2, 0) is 21.5 Å². The number of likely N-dealkylation sites (tertiary alicyclic amines) is 1. The van der Waals surface area contributed by atoms with Gasteiger partial charge in [-0.3, -0.25) is 9.59 Å². The zero-order chi connectivity index (χ0) is 19.7. The highest BCUT2D eigenvalue weighted by molar-refractivity contribution is 6.06. The van der Waals surface area contributed by atoms with E-state index in [-0.39, 0.29) is 29.1 Å². The Kier molecular flexibility index (Phi) is 4.60. The minimum absolute atomic E-state index is 0.0223. The fourth-order valence-electron chi connectivity index (χ4n) is 4.76. The molecule has 2 aromatic carbocycles. The average Bonchev–Trinajstić information content (AvgIpc) is 2.74. The summed E-state index contributed by atoms with van der Waals surface area (Å²) in [6, 6.07) is 21.6. The van der Waals surface area contributed by atoms with Gasteiger partial charge in [-0.15, -0.1) is 0 Å². The lowest BCUT2D eigenvalue weighted by Crippen LogP contribution is -2.59. The number of benzene rings is 2. The topological polar surface area (TPSA) is 61.2 Å². The highest BCUT2D eigenvalue weighted by atomic mass is 16.2.